The molecule has 0 aliphatic carbocycles. The Hall–Kier alpha value is -3.29. The van der Waals surface area contributed by atoms with E-state index in [1.54, 1.807) is 30.3 Å². The van der Waals surface area contributed by atoms with Crippen LogP contribution in [0.5, 0.6) is 5.75 Å². The van der Waals surface area contributed by atoms with Gasteiger partial charge in [-0.15, -0.1) is 0 Å². The zero-order chi connectivity index (χ0) is 21.9. The van der Waals surface area contributed by atoms with Gasteiger partial charge in [0.05, 0.1) is 0 Å². The summed E-state index contributed by atoms with van der Waals surface area (Å²) in [6, 6.07) is 14.1. The first-order chi connectivity index (χ1) is 14.0. The summed E-state index contributed by atoms with van der Waals surface area (Å²) in [5.41, 5.74) is 0.657. The maximum atomic E-state index is 13.5. The molecule has 1 heterocycles. The Bertz CT molecular complexity index is 1030. The van der Waals surface area contributed by atoms with Gasteiger partial charge in [-0.3, -0.25) is 0 Å². The minimum atomic E-state index is -4.61. The number of rotatable bonds is 5. The Labute approximate surface area is 173 Å². The van der Waals surface area contributed by atoms with Crippen LogP contribution in [0, 0.1) is 6.92 Å². The van der Waals surface area contributed by atoms with Gasteiger partial charge in [-0.1, -0.05) is 24.3 Å². The van der Waals surface area contributed by atoms with Crippen molar-refractivity contribution in [1.29, 1.82) is 0 Å². The van der Waals surface area contributed by atoms with Crippen LogP contribution in [-0.4, -0.2) is 15.6 Å². The molecule has 0 saturated carbocycles. The molecule has 0 aliphatic heterocycles. The summed E-state index contributed by atoms with van der Waals surface area (Å²) in [6.45, 7) is 7.56. The van der Waals surface area contributed by atoms with E-state index >= 15 is 0 Å². The van der Waals surface area contributed by atoms with Gasteiger partial charge in [0.15, 0.2) is 0 Å². The van der Waals surface area contributed by atoms with Crippen molar-refractivity contribution < 1.29 is 17.9 Å². The van der Waals surface area contributed by atoms with Gasteiger partial charge in [0, 0.05) is 23.6 Å². The number of aryl methyl sites for hydroxylation is 1. The number of hydrogen-bond acceptors (Lipinski definition) is 5. The molecule has 3 rings (SSSR count). The van der Waals surface area contributed by atoms with Gasteiger partial charge in [-0.2, -0.15) is 18.2 Å². The first-order valence-electron chi connectivity index (χ1n) is 9.34. The molecule has 0 saturated heterocycles. The maximum absolute atomic E-state index is 13.5. The second-order valence-electron chi connectivity index (χ2n) is 7.76. The molecular formula is C22H23F3N4O. The molecule has 0 atom stereocenters. The molecule has 0 radical (unpaired) electrons. The van der Waals surface area contributed by atoms with Crippen molar-refractivity contribution in [3.63, 3.8) is 0 Å². The Balaban J connectivity index is 1.94. The van der Waals surface area contributed by atoms with Crippen LogP contribution in [0.4, 0.5) is 36.3 Å². The number of anilines is 4. The highest BCUT2D eigenvalue weighted by Gasteiger charge is 2.35. The first-order valence-corrected chi connectivity index (χ1v) is 9.34. The smallest absolute Gasteiger partial charge is 0.421 e. The highest BCUT2D eigenvalue weighted by molar-refractivity contribution is 5.64. The van der Waals surface area contributed by atoms with Gasteiger partial charge in [-0.25, -0.2) is 4.98 Å². The predicted octanol–water partition coefficient (Wildman–Crippen LogP) is 6.47. The number of hydrogen-bond donors (Lipinski definition) is 2. The molecule has 8 heteroatoms. The van der Waals surface area contributed by atoms with Crippen LogP contribution in [0.2, 0.25) is 0 Å². The molecule has 158 valence electrons. The number of para-hydroxylation sites is 1. The summed E-state index contributed by atoms with van der Waals surface area (Å²) in [7, 11) is 0. The number of nitrogens with zero attached hydrogens (tertiary/aromatic N) is 2. The highest BCUT2D eigenvalue weighted by Crippen LogP contribution is 2.36. The monoisotopic (exact) mass is 416 g/mol. The molecule has 5 nitrogen and oxygen atoms in total. The van der Waals surface area contributed by atoms with Crippen molar-refractivity contribution in [3.8, 4) is 5.75 Å². The van der Waals surface area contributed by atoms with Crippen LogP contribution in [0.25, 0.3) is 0 Å². The van der Waals surface area contributed by atoms with E-state index in [0.29, 0.717) is 17.1 Å². The number of aromatic nitrogens is 2. The van der Waals surface area contributed by atoms with Gasteiger partial charge in [0.25, 0.3) is 0 Å². The molecule has 2 aromatic carbocycles. The largest absolute Gasteiger partial charge is 0.488 e. The van der Waals surface area contributed by atoms with E-state index in [-0.39, 0.29) is 11.8 Å². The van der Waals surface area contributed by atoms with Crippen molar-refractivity contribution in [1.82, 2.24) is 9.97 Å². The minimum absolute atomic E-state index is 0.0573. The number of benzene rings is 2. The standard InChI is InChI=1S/C22H23F3N4O/c1-14-8-5-6-11-18(14)28-20-26-13-17(22(23,24)25)19(29-20)27-15-9-7-10-16(12-15)30-21(2,3)4/h5-13H,1-4H3,(H2,26,27,28,29). The van der Waals surface area contributed by atoms with E-state index in [0.717, 1.165) is 11.8 Å². The summed E-state index contributed by atoms with van der Waals surface area (Å²) in [5.74, 6) is 0.247. The second kappa shape index (κ2) is 8.22. The molecule has 0 unspecified atom stereocenters. The van der Waals surface area contributed by atoms with Gasteiger partial charge in [0.2, 0.25) is 5.95 Å². The lowest BCUT2D eigenvalue weighted by molar-refractivity contribution is -0.137. The van der Waals surface area contributed by atoms with Crippen molar-refractivity contribution in [2.45, 2.75) is 39.5 Å². The fourth-order valence-electron chi connectivity index (χ4n) is 2.71. The molecule has 0 spiro atoms. The lowest BCUT2D eigenvalue weighted by Crippen LogP contribution is -2.22. The third-order valence-electron chi connectivity index (χ3n) is 4.01. The van der Waals surface area contributed by atoms with Gasteiger partial charge < -0.3 is 15.4 Å². The lowest BCUT2D eigenvalue weighted by Gasteiger charge is -2.22. The normalized spacial score (nSPS) is 11.8. The van der Waals surface area contributed by atoms with Crippen molar-refractivity contribution in [3.05, 3.63) is 65.9 Å². The number of ether oxygens (including phenoxy) is 1. The van der Waals surface area contributed by atoms with E-state index in [9.17, 15) is 13.2 Å². The quantitative estimate of drug-likeness (QED) is 0.499. The summed E-state index contributed by atoms with van der Waals surface area (Å²) in [6.07, 6.45) is -3.84. The Morgan fingerprint density at radius 3 is 2.33 bits per heavy atom. The van der Waals surface area contributed by atoms with E-state index in [2.05, 4.69) is 20.6 Å². The molecular weight excluding hydrogens is 393 g/mol. The minimum Gasteiger partial charge on any atom is -0.488 e. The van der Waals surface area contributed by atoms with E-state index in [1.165, 1.54) is 0 Å². The summed E-state index contributed by atoms with van der Waals surface area (Å²) < 4.78 is 46.3. The van der Waals surface area contributed by atoms with Crippen LogP contribution in [0.15, 0.2) is 54.7 Å². The van der Waals surface area contributed by atoms with Crippen LogP contribution in [0.1, 0.15) is 31.9 Å². The van der Waals surface area contributed by atoms with Crippen LogP contribution in [0.3, 0.4) is 0 Å². The highest BCUT2D eigenvalue weighted by atomic mass is 19.4. The summed E-state index contributed by atoms with van der Waals surface area (Å²) >= 11 is 0. The van der Waals surface area contributed by atoms with E-state index in [1.807, 2.05) is 45.9 Å². The summed E-state index contributed by atoms with van der Waals surface area (Å²) in [5, 5.41) is 5.72. The first kappa shape index (κ1) is 21.4. The van der Waals surface area contributed by atoms with Crippen molar-refractivity contribution in [2.75, 3.05) is 10.6 Å². The average Bonchev–Trinajstić information content (AvgIpc) is 2.62. The van der Waals surface area contributed by atoms with Crippen LogP contribution < -0.4 is 15.4 Å². The molecule has 0 bridgehead atoms. The molecule has 0 fully saturated rings. The van der Waals surface area contributed by atoms with E-state index < -0.39 is 17.3 Å². The van der Waals surface area contributed by atoms with E-state index in [4.69, 9.17) is 4.74 Å². The van der Waals surface area contributed by atoms with Gasteiger partial charge in [-0.05, 0) is 51.5 Å². The predicted molar refractivity (Wildman–Crippen MR) is 112 cm³/mol. The number of halogens is 3. The molecule has 1 aromatic heterocycles. The molecule has 0 amide bonds. The fraction of sp³-hybridized carbons (Fsp3) is 0.273. The zero-order valence-electron chi connectivity index (χ0n) is 17.1. The third kappa shape index (κ3) is 5.62. The molecule has 3 aromatic rings. The molecule has 30 heavy (non-hydrogen) atoms. The van der Waals surface area contributed by atoms with Crippen LogP contribution >= 0.6 is 0 Å². The Kier molecular flexibility index (Phi) is 5.87. The average molecular weight is 416 g/mol. The van der Waals surface area contributed by atoms with Crippen molar-refractivity contribution in [2.24, 2.45) is 0 Å². The number of nitrogens with one attached hydrogen (secondary N) is 2. The zero-order valence-corrected chi connectivity index (χ0v) is 17.1. The second-order valence-corrected chi connectivity index (χ2v) is 7.76. The van der Waals surface area contributed by atoms with Gasteiger partial charge >= 0.3 is 6.18 Å². The topological polar surface area (TPSA) is 59.1 Å². The van der Waals surface area contributed by atoms with Gasteiger partial charge in [0.1, 0.15) is 22.7 Å². The third-order valence-corrected chi connectivity index (χ3v) is 4.01. The Morgan fingerprint density at radius 2 is 1.67 bits per heavy atom. The number of alkyl halides is 3. The maximum Gasteiger partial charge on any atom is 0.421 e. The molecule has 2 N–H and O–H groups in total. The summed E-state index contributed by atoms with van der Waals surface area (Å²) in [4.78, 5) is 7.92. The van der Waals surface area contributed by atoms with Crippen LogP contribution in [-0.2, 0) is 6.18 Å². The Morgan fingerprint density at radius 1 is 0.933 bits per heavy atom. The fourth-order valence-corrected chi connectivity index (χ4v) is 2.71. The van der Waals surface area contributed by atoms with Crippen molar-refractivity contribution >= 4 is 23.1 Å². The molecule has 0 aliphatic rings. The lowest BCUT2D eigenvalue weighted by atomic mass is 10.2. The SMILES string of the molecule is Cc1ccccc1Nc1ncc(C(F)(F)F)c(Nc2cccc(OC(C)(C)C)c2)n1.